The van der Waals surface area contributed by atoms with Crippen LogP contribution in [0.4, 0.5) is 26.2 Å². The zero-order chi connectivity index (χ0) is 34.4. The van der Waals surface area contributed by atoms with Crippen LogP contribution < -0.4 is 10.1 Å². The molecule has 0 spiro atoms. The second-order valence-electron chi connectivity index (χ2n) is 14.1. The number of rotatable bonds is 9. The Labute approximate surface area is 275 Å². The van der Waals surface area contributed by atoms with E-state index in [-0.39, 0.29) is 48.5 Å². The third kappa shape index (κ3) is 6.94. The van der Waals surface area contributed by atoms with E-state index in [9.17, 15) is 23.6 Å². The van der Waals surface area contributed by atoms with Crippen LogP contribution in [-0.2, 0) is 21.7 Å². The monoisotopic (exact) mass is 661 g/mol. The number of aryl methyl sites for hydroxylation is 1. The van der Waals surface area contributed by atoms with Gasteiger partial charge in [-0.25, -0.2) is 18.7 Å². The molecule has 1 fully saturated rings. The van der Waals surface area contributed by atoms with Crippen molar-refractivity contribution in [3.63, 3.8) is 0 Å². The lowest BCUT2D eigenvalue weighted by Crippen LogP contribution is -2.46. The van der Waals surface area contributed by atoms with Crippen LogP contribution in [0.2, 0.25) is 18.1 Å². The first-order chi connectivity index (χ1) is 22.0. The number of alkyl halides is 2. The van der Waals surface area contributed by atoms with Gasteiger partial charge in [0.1, 0.15) is 17.9 Å². The van der Waals surface area contributed by atoms with E-state index in [1.165, 1.54) is 17.0 Å². The van der Waals surface area contributed by atoms with Crippen LogP contribution in [-0.4, -0.2) is 84.6 Å². The highest BCUT2D eigenvalue weighted by molar-refractivity contribution is 6.74. The number of carbonyl (C=O) groups is 2. The highest BCUT2D eigenvalue weighted by Crippen LogP contribution is 2.46. The van der Waals surface area contributed by atoms with Crippen molar-refractivity contribution in [2.24, 2.45) is 7.05 Å². The number of hydrogen-bond acceptors (Lipinski definition) is 9. The summed E-state index contributed by atoms with van der Waals surface area (Å²) < 4.78 is 35.3. The van der Waals surface area contributed by atoms with Gasteiger partial charge in [-0.1, -0.05) is 27.7 Å². The average Bonchev–Trinajstić information content (AvgIpc) is 3.51. The normalized spacial score (nSPS) is 19.2. The minimum Gasteiger partial charge on any atom is -0.416 e. The van der Waals surface area contributed by atoms with Crippen molar-refractivity contribution in [1.29, 1.82) is 5.26 Å². The van der Waals surface area contributed by atoms with E-state index < -0.39 is 19.7 Å². The first-order valence-electron chi connectivity index (χ1n) is 15.6. The predicted octanol–water partition coefficient (Wildman–Crippen LogP) is 5.27. The molecule has 2 aliphatic rings. The summed E-state index contributed by atoms with van der Waals surface area (Å²) in [5.74, 6) is -2.59. The molecular formula is C32H40BF2N8O3Si. The minimum absolute atomic E-state index is 0.0103. The number of aromatic nitrogens is 4. The smallest absolute Gasteiger partial charge is 0.329 e. The van der Waals surface area contributed by atoms with Crippen molar-refractivity contribution in [2.45, 2.75) is 70.0 Å². The molecule has 11 nitrogen and oxygen atoms in total. The summed E-state index contributed by atoms with van der Waals surface area (Å²) in [5, 5.41) is 17.6. The van der Waals surface area contributed by atoms with Gasteiger partial charge in [-0.2, -0.15) is 10.4 Å². The number of amides is 1. The van der Waals surface area contributed by atoms with Gasteiger partial charge in [-0.3, -0.25) is 9.48 Å². The van der Waals surface area contributed by atoms with Gasteiger partial charge < -0.3 is 24.2 Å². The van der Waals surface area contributed by atoms with Crippen molar-refractivity contribution >= 4 is 45.3 Å². The van der Waals surface area contributed by atoms with Crippen molar-refractivity contribution in [3.05, 3.63) is 47.3 Å². The number of likely N-dealkylation sites (tertiary alicyclic amines) is 1. The summed E-state index contributed by atoms with van der Waals surface area (Å²) in [6.45, 7) is 13.9. The Kier molecular flexibility index (Phi) is 9.06. The van der Waals surface area contributed by atoms with E-state index in [0.717, 1.165) is 11.7 Å². The predicted molar refractivity (Wildman–Crippen MR) is 179 cm³/mol. The number of halogens is 2. The Morgan fingerprint density at radius 3 is 2.57 bits per heavy atom. The van der Waals surface area contributed by atoms with Crippen molar-refractivity contribution in [1.82, 2.24) is 24.6 Å². The van der Waals surface area contributed by atoms with Crippen LogP contribution in [0.3, 0.4) is 0 Å². The lowest BCUT2D eigenvalue weighted by Gasteiger charge is -2.39. The second kappa shape index (κ2) is 12.5. The van der Waals surface area contributed by atoms with E-state index in [2.05, 4.69) is 67.2 Å². The van der Waals surface area contributed by atoms with Gasteiger partial charge in [0.25, 0.3) is 11.8 Å². The molecule has 4 heterocycles. The lowest BCUT2D eigenvalue weighted by atomic mass is 9.83. The topological polar surface area (TPSA) is 129 Å². The van der Waals surface area contributed by atoms with Crippen LogP contribution in [0.5, 0.6) is 0 Å². The van der Waals surface area contributed by atoms with Crippen LogP contribution in [0.1, 0.15) is 62.2 Å². The van der Waals surface area contributed by atoms with Gasteiger partial charge in [0.05, 0.1) is 11.3 Å². The Hall–Kier alpha value is -4.16. The molecule has 5 rings (SSSR count). The highest BCUT2D eigenvalue weighted by Gasteiger charge is 2.45. The molecule has 1 amide bonds. The number of nitriles is 1. The molecule has 1 unspecified atom stereocenters. The first-order valence-corrected chi connectivity index (χ1v) is 18.5. The molecule has 0 bridgehead atoms. The zero-order valence-electron chi connectivity index (χ0n) is 27.9. The molecular weight excluding hydrogens is 621 g/mol. The fourth-order valence-electron chi connectivity index (χ4n) is 5.68. The number of anilines is 3. The molecule has 1 N–H and O–H groups in total. The molecule has 1 radical (unpaired) electrons. The minimum atomic E-state index is -2.75. The van der Waals surface area contributed by atoms with Crippen LogP contribution in [0.25, 0.3) is 11.3 Å². The van der Waals surface area contributed by atoms with Crippen LogP contribution in [0.15, 0.2) is 30.5 Å². The summed E-state index contributed by atoms with van der Waals surface area (Å²) in [6.07, 6.45) is 1.58. The van der Waals surface area contributed by atoms with E-state index in [0.29, 0.717) is 41.5 Å². The van der Waals surface area contributed by atoms with Crippen molar-refractivity contribution in [3.8, 4) is 17.3 Å². The SMILES string of the molecule is Cn1nc(Nc2nccc(-c3cc(C#N)c4c(c3)C(C)(CO[Si](C)(C)C(C)(C)C)CN4[B]C=O)n2)cc1C(=O)N1CCC(F)(F)CC1. The number of piperidine rings is 1. The van der Waals surface area contributed by atoms with Gasteiger partial charge in [0, 0.05) is 75.1 Å². The maximum atomic E-state index is 13.6. The maximum absolute atomic E-state index is 13.6. The lowest BCUT2D eigenvalue weighted by molar-refractivity contribution is -0.0495. The molecule has 247 valence electrons. The second-order valence-corrected chi connectivity index (χ2v) is 18.9. The highest BCUT2D eigenvalue weighted by atomic mass is 28.4. The molecule has 1 aromatic carbocycles. The fraction of sp³-hybridized carbons (Fsp3) is 0.500. The molecule has 2 aliphatic heterocycles. The molecule has 1 atom stereocenters. The molecule has 0 saturated carbocycles. The number of fused-ring (bicyclic) bond motifs is 1. The van der Waals surface area contributed by atoms with E-state index in [4.69, 9.17) is 4.43 Å². The van der Waals surface area contributed by atoms with Crippen molar-refractivity contribution in [2.75, 3.05) is 36.4 Å². The average molecular weight is 662 g/mol. The summed E-state index contributed by atoms with van der Waals surface area (Å²) in [4.78, 5) is 36.9. The Balaban J connectivity index is 1.43. The van der Waals surface area contributed by atoms with Gasteiger partial charge in [0.15, 0.2) is 14.1 Å². The molecule has 0 aliphatic carbocycles. The van der Waals surface area contributed by atoms with Crippen molar-refractivity contribution < 1.29 is 22.8 Å². The molecule has 3 aromatic rings. The van der Waals surface area contributed by atoms with Gasteiger partial charge >= 0.3 is 7.41 Å². The summed E-state index contributed by atoms with van der Waals surface area (Å²) in [7, 11) is 0.961. The zero-order valence-corrected chi connectivity index (χ0v) is 28.9. The Bertz CT molecular complexity index is 1730. The summed E-state index contributed by atoms with van der Waals surface area (Å²) in [5.41, 5.74) is 2.95. The third-order valence-corrected chi connectivity index (χ3v) is 14.0. The van der Waals surface area contributed by atoms with E-state index >= 15 is 0 Å². The number of hydrogen-bond donors (Lipinski definition) is 1. The van der Waals surface area contributed by atoms with Gasteiger partial charge in [-0.05, 0) is 41.9 Å². The number of carbonyl (C=O) groups excluding carboxylic acids is 2. The first kappa shape index (κ1) is 34.2. The maximum Gasteiger partial charge on any atom is 0.329 e. The van der Waals surface area contributed by atoms with Crippen LogP contribution in [0, 0.1) is 11.3 Å². The Morgan fingerprint density at radius 2 is 1.94 bits per heavy atom. The molecule has 2 aromatic heterocycles. The number of nitrogens with zero attached hydrogens (tertiary/aromatic N) is 7. The van der Waals surface area contributed by atoms with Crippen LogP contribution >= 0.6 is 0 Å². The van der Waals surface area contributed by atoms with Gasteiger partial charge in [0.2, 0.25) is 5.95 Å². The fourth-order valence-corrected chi connectivity index (χ4v) is 6.79. The van der Waals surface area contributed by atoms with E-state index in [1.807, 2.05) is 10.9 Å². The Morgan fingerprint density at radius 1 is 1.23 bits per heavy atom. The summed E-state index contributed by atoms with van der Waals surface area (Å²) in [6, 6.07) is 9.33. The third-order valence-electron chi connectivity index (χ3n) is 9.56. The molecule has 1 saturated heterocycles. The summed E-state index contributed by atoms with van der Waals surface area (Å²) >= 11 is 0. The standard InChI is InChI=1S/C32H40BF2N8O3Si/c1-30(2,3)47(6,7)46-19-31(4)18-43(33-20-44)27-22(17-36)14-21(15-23(27)31)24-8-11-37-29(38-24)39-26-16-25(41(5)40-26)28(45)42-12-9-32(34,35)10-13-42/h8,11,14-16,20H,9-10,12-13,18-19H2,1-7H3,(H,37,38,39,40). The molecule has 47 heavy (non-hydrogen) atoms. The van der Waals surface area contributed by atoms with Gasteiger partial charge in [-0.15, -0.1) is 0 Å². The number of benzene rings is 1. The van der Waals surface area contributed by atoms with E-state index in [1.54, 1.807) is 31.4 Å². The largest absolute Gasteiger partial charge is 0.416 e. The quantitative estimate of drug-likeness (QED) is 0.241. The molecule has 15 heteroatoms. The number of nitrogens with one attached hydrogen (secondary N) is 1.